The van der Waals surface area contributed by atoms with E-state index in [1.54, 1.807) is 43.5 Å². The molecule has 0 unspecified atom stereocenters. The second-order valence-corrected chi connectivity index (χ2v) is 7.29. The minimum Gasteiger partial charge on any atom is -0.460 e. The van der Waals surface area contributed by atoms with E-state index in [2.05, 4.69) is 15.4 Å². The highest BCUT2D eigenvalue weighted by molar-refractivity contribution is 6.04. The maximum atomic E-state index is 13.9. The molecule has 10 nitrogen and oxygen atoms in total. The largest absolute Gasteiger partial charge is 0.460 e. The second-order valence-electron chi connectivity index (χ2n) is 7.29. The van der Waals surface area contributed by atoms with E-state index in [9.17, 15) is 19.3 Å². The number of anilines is 1. The minimum atomic E-state index is -0.535. The van der Waals surface area contributed by atoms with Gasteiger partial charge in [-0.1, -0.05) is 18.2 Å². The SMILES string of the molecule is COCCOc1nc(-c2cccc(F)c2)n(-c2cccc(NC(=O)c3ccc([N+](=O)[O-])cc3)c2)n1. The van der Waals surface area contributed by atoms with E-state index >= 15 is 0 Å². The van der Waals surface area contributed by atoms with Gasteiger partial charge in [0, 0.05) is 36.1 Å². The van der Waals surface area contributed by atoms with E-state index in [1.165, 1.54) is 41.1 Å². The molecule has 11 heteroatoms. The number of benzene rings is 3. The number of nitro benzene ring substituents is 1. The summed E-state index contributed by atoms with van der Waals surface area (Å²) in [5.74, 6) is -0.525. The van der Waals surface area contributed by atoms with E-state index in [1.807, 2.05) is 0 Å². The number of hydrogen-bond donors (Lipinski definition) is 1. The van der Waals surface area contributed by atoms with E-state index in [-0.39, 0.29) is 23.9 Å². The molecule has 0 saturated heterocycles. The maximum Gasteiger partial charge on any atom is 0.336 e. The van der Waals surface area contributed by atoms with Crippen molar-refractivity contribution in [3.8, 4) is 23.1 Å². The Morgan fingerprint density at radius 3 is 2.57 bits per heavy atom. The van der Waals surface area contributed by atoms with Crippen LogP contribution in [0.15, 0.2) is 72.8 Å². The van der Waals surface area contributed by atoms with E-state index < -0.39 is 16.6 Å². The second kappa shape index (κ2) is 10.5. The smallest absolute Gasteiger partial charge is 0.336 e. The van der Waals surface area contributed by atoms with Crippen LogP contribution in [0.25, 0.3) is 17.1 Å². The zero-order valence-corrected chi connectivity index (χ0v) is 18.6. The summed E-state index contributed by atoms with van der Waals surface area (Å²) in [5, 5.41) is 18.0. The van der Waals surface area contributed by atoms with Gasteiger partial charge in [0.25, 0.3) is 11.6 Å². The molecule has 0 aliphatic carbocycles. The summed E-state index contributed by atoms with van der Waals surface area (Å²) in [6, 6.07) is 18.1. The Bertz CT molecular complexity index is 1360. The summed E-state index contributed by atoms with van der Waals surface area (Å²) < 4.78 is 25.9. The molecule has 0 fully saturated rings. The summed E-state index contributed by atoms with van der Waals surface area (Å²) in [7, 11) is 1.55. The average molecular weight is 477 g/mol. The Balaban J connectivity index is 1.63. The van der Waals surface area contributed by atoms with Crippen LogP contribution < -0.4 is 10.1 Å². The molecule has 0 aliphatic heterocycles. The van der Waals surface area contributed by atoms with Gasteiger partial charge in [-0.15, -0.1) is 5.10 Å². The molecule has 0 bridgehead atoms. The molecule has 0 aliphatic rings. The van der Waals surface area contributed by atoms with E-state index in [0.717, 1.165) is 0 Å². The lowest BCUT2D eigenvalue weighted by Crippen LogP contribution is -2.12. The lowest BCUT2D eigenvalue weighted by Gasteiger charge is -2.09. The zero-order valence-electron chi connectivity index (χ0n) is 18.6. The van der Waals surface area contributed by atoms with Crippen molar-refractivity contribution in [2.24, 2.45) is 0 Å². The number of nitrogens with one attached hydrogen (secondary N) is 1. The maximum absolute atomic E-state index is 13.9. The molecule has 1 N–H and O–H groups in total. The van der Waals surface area contributed by atoms with Crippen molar-refractivity contribution in [2.45, 2.75) is 0 Å². The first kappa shape index (κ1) is 23.5. The first-order valence-corrected chi connectivity index (χ1v) is 10.5. The Morgan fingerprint density at radius 1 is 1.09 bits per heavy atom. The van der Waals surface area contributed by atoms with Crippen molar-refractivity contribution in [3.63, 3.8) is 0 Å². The number of nitrogens with zero attached hydrogens (tertiary/aromatic N) is 4. The summed E-state index contributed by atoms with van der Waals surface area (Å²) in [5.41, 5.74) is 1.63. The molecule has 1 heterocycles. The van der Waals surface area contributed by atoms with Gasteiger partial charge in [-0.3, -0.25) is 14.9 Å². The normalized spacial score (nSPS) is 10.7. The number of ether oxygens (including phenoxy) is 2. The highest BCUT2D eigenvalue weighted by Gasteiger charge is 2.16. The van der Waals surface area contributed by atoms with Crippen molar-refractivity contribution in [3.05, 3.63) is 94.3 Å². The van der Waals surface area contributed by atoms with Crippen molar-refractivity contribution in [1.29, 1.82) is 0 Å². The van der Waals surface area contributed by atoms with Crippen LogP contribution in [0, 0.1) is 15.9 Å². The number of hydrogen-bond acceptors (Lipinski definition) is 7. The first-order valence-electron chi connectivity index (χ1n) is 10.5. The van der Waals surface area contributed by atoms with E-state index in [4.69, 9.17) is 9.47 Å². The molecule has 0 atom stereocenters. The highest BCUT2D eigenvalue weighted by Crippen LogP contribution is 2.26. The summed E-state index contributed by atoms with van der Waals surface area (Å²) in [6.45, 7) is 0.572. The third-order valence-corrected chi connectivity index (χ3v) is 4.88. The van der Waals surface area contributed by atoms with E-state index in [0.29, 0.717) is 29.4 Å². The van der Waals surface area contributed by atoms with Crippen molar-refractivity contribution in [2.75, 3.05) is 25.6 Å². The average Bonchev–Trinajstić information content (AvgIpc) is 3.29. The molecule has 178 valence electrons. The third-order valence-electron chi connectivity index (χ3n) is 4.88. The van der Waals surface area contributed by atoms with Crippen molar-refractivity contribution >= 4 is 17.3 Å². The summed E-state index contributed by atoms with van der Waals surface area (Å²) >= 11 is 0. The number of methoxy groups -OCH3 is 1. The van der Waals surface area contributed by atoms with Gasteiger partial charge in [-0.2, -0.15) is 4.98 Å². The Morgan fingerprint density at radius 2 is 1.86 bits per heavy atom. The standard InChI is InChI=1S/C24H20FN5O5/c1-34-12-13-35-24-27-22(17-4-2-5-18(25)14-17)29(28-24)21-7-3-6-19(15-21)26-23(31)16-8-10-20(11-9-16)30(32)33/h2-11,14-15H,12-13H2,1H3,(H,26,31). The number of non-ortho nitro benzene ring substituents is 1. The van der Waals surface area contributed by atoms with Gasteiger partial charge < -0.3 is 14.8 Å². The van der Waals surface area contributed by atoms with Gasteiger partial charge >= 0.3 is 6.01 Å². The molecular weight excluding hydrogens is 457 g/mol. The number of carbonyl (C=O) groups is 1. The van der Waals surface area contributed by atoms with Gasteiger partial charge in [0.1, 0.15) is 12.4 Å². The van der Waals surface area contributed by atoms with Crippen LogP contribution >= 0.6 is 0 Å². The fourth-order valence-electron chi connectivity index (χ4n) is 3.22. The Labute approximate surface area is 199 Å². The lowest BCUT2D eigenvalue weighted by atomic mass is 10.2. The number of halogens is 1. The van der Waals surface area contributed by atoms with Crippen LogP contribution in [0.3, 0.4) is 0 Å². The molecule has 0 saturated carbocycles. The predicted octanol–water partition coefficient (Wildman–Crippen LogP) is 4.26. The number of carbonyl (C=O) groups excluding carboxylic acids is 1. The van der Waals surface area contributed by atoms with Crippen molar-refractivity contribution < 1.29 is 23.6 Å². The summed E-state index contributed by atoms with van der Waals surface area (Å²) in [4.78, 5) is 27.3. The highest BCUT2D eigenvalue weighted by atomic mass is 19.1. The van der Waals surface area contributed by atoms with Crippen molar-refractivity contribution in [1.82, 2.24) is 14.8 Å². The molecule has 0 radical (unpaired) electrons. The molecular formula is C24H20FN5O5. The van der Waals surface area contributed by atoms with Crippen LogP contribution in [0.4, 0.5) is 15.8 Å². The number of amides is 1. The summed E-state index contributed by atoms with van der Waals surface area (Å²) in [6.07, 6.45) is 0. The fraction of sp³-hybridized carbons (Fsp3) is 0.125. The Kier molecular flexibility index (Phi) is 7.07. The number of nitro groups is 1. The molecule has 0 spiro atoms. The van der Waals surface area contributed by atoms with Crippen LogP contribution in [0.5, 0.6) is 6.01 Å². The van der Waals surface area contributed by atoms with Crippen LogP contribution in [-0.4, -0.2) is 45.9 Å². The molecule has 1 aromatic heterocycles. The van der Waals surface area contributed by atoms with Gasteiger partial charge in [0.2, 0.25) is 0 Å². The van der Waals surface area contributed by atoms with Crippen LogP contribution in [0.1, 0.15) is 10.4 Å². The van der Waals surface area contributed by atoms with Gasteiger partial charge in [0.05, 0.1) is 17.2 Å². The molecule has 4 rings (SSSR count). The van der Waals surface area contributed by atoms with Crippen LogP contribution in [0.2, 0.25) is 0 Å². The molecule has 35 heavy (non-hydrogen) atoms. The quantitative estimate of drug-likeness (QED) is 0.217. The van der Waals surface area contributed by atoms with Crippen LogP contribution in [-0.2, 0) is 4.74 Å². The first-order chi connectivity index (χ1) is 16.9. The molecule has 4 aromatic rings. The minimum absolute atomic E-state index is 0.0848. The monoisotopic (exact) mass is 477 g/mol. The number of rotatable bonds is 9. The third kappa shape index (κ3) is 5.65. The fourth-order valence-corrected chi connectivity index (χ4v) is 3.22. The zero-order chi connectivity index (χ0) is 24.8. The van der Waals surface area contributed by atoms with Gasteiger partial charge in [0.15, 0.2) is 5.82 Å². The lowest BCUT2D eigenvalue weighted by molar-refractivity contribution is -0.384. The predicted molar refractivity (Wildman–Crippen MR) is 125 cm³/mol. The Hall–Kier alpha value is -4.64. The van der Waals surface area contributed by atoms with Gasteiger partial charge in [-0.05, 0) is 42.5 Å². The molecule has 3 aromatic carbocycles. The van der Waals surface area contributed by atoms with Gasteiger partial charge in [-0.25, -0.2) is 9.07 Å². The topological polar surface area (TPSA) is 121 Å². The molecule has 1 amide bonds. The number of aromatic nitrogens is 3.